The largest absolute Gasteiger partial charge is 0.496 e. The number of Topliss-reactive ketones (excluding diaryl/α,β-unsaturated/α-hetero) is 1. The maximum absolute atomic E-state index is 11.8. The van der Waals surface area contributed by atoms with Crippen LogP contribution in [0.2, 0.25) is 0 Å². The number of benzene rings is 1. The van der Waals surface area contributed by atoms with Gasteiger partial charge in [0.05, 0.1) is 11.6 Å². The molecule has 2 nitrogen and oxygen atoms in total. The number of hydrogen-bond donors (Lipinski definition) is 0. The van der Waals surface area contributed by atoms with Crippen LogP contribution in [-0.4, -0.2) is 12.9 Å². The SMILES string of the molecule is COc1cc2c(cc1Br)C(=O)CCCC2. The van der Waals surface area contributed by atoms with Crippen molar-refractivity contribution in [3.8, 4) is 5.75 Å². The van der Waals surface area contributed by atoms with Crippen molar-refractivity contribution in [2.24, 2.45) is 0 Å². The van der Waals surface area contributed by atoms with Crippen LogP contribution in [0.15, 0.2) is 16.6 Å². The van der Waals surface area contributed by atoms with Gasteiger partial charge < -0.3 is 4.74 Å². The lowest BCUT2D eigenvalue weighted by Crippen LogP contribution is -2.01. The smallest absolute Gasteiger partial charge is 0.163 e. The predicted octanol–water partition coefficient (Wildman–Crippen LogP) is 3.37. The molecule has 80 valence electrons. The zero-order chi connectivity index (χ0) is 10.8. The number of rotatable bonds is 1. The lowest BCUT2D eigenvalue weighted by Gasteiger charge is -2.09. The summed E-state index contributed by atoms with van der Waals surface area (Å²) in [6.07, 6.45) is 3.73. The van der Waals surface area contributed by atoms with E-state index in [-0.39, 0.29) is 5.78 Å². The highest BCUT2D eigenvalue weighted by Gasteiger charge is 2.17. The van der Waals surface area contributed by atoms with Gasteiger partial charge in [-0.2, -0.15) is 0 Å². The normalized spacial score (nSPS) is 15.7. The molecule has 0 radical (unpaired) electrons. The Hall–Kier alpha value is -0.830. The molecule has 15 heavy (non-hydrogen) atoms. The summed E-state index contributed by atoms with van der Waals surface area (Å²) in [6, 6.07) is 3.87. The van der Waals surface area contributed by atoms with Gasteiger partial charge in [0.1, 0.15) is 5.75 Å². The molecule has 1 aliphatic carbocycles. The summed E-state index contributed by atoms with van der Waals surface area (Å²) in [6.45, 7) is 0. The first-order valence-electron chi connectivity index (χ1n) is 5.12. The average molecular weight is 269 g/mol. The Morgan fingerprint density at radius 1 is 1.27 bits per heavy atom. The van der Waals surface area contributed by atoms with Crippen molar-refractivity contribution >= 4 is 21.7 Å². The molecule has 0 aliphatic heterocycles. The molecule has 0 spiro atoms. The number of methoxy groups -OCH3 is 1. The van der Waals surface area contributed by atoms with E-state index in [0.717, 1.165) is 40.6 Å². The van der Waals surface area contributed by atoms with Crippen molar-refractivity contribution in [3.63, 3.8) is 0 Å². The number of fused-ring (bicyclic) bond motifs is 1. The first-order chi connectivity index (χ1) is 7.22. The van der Waals surface area contributed by atoms with E-state index in [1.54, 1.807) is 7.11 Å². The summed E-state index contributed by atoms with van der Waals surface area (Å²) in [7, 11) is 1.64. The molecule has 1 aromatic carbocycles. The number of halogens is 1. The molecule has 0 fully saturated rings. The highest BCUT2D eigenvalue weighted by atomic mass is 79.9. The number of aryl methyl sites for hydroxylation is 1. The molecule has 0 atom stereocenters. The Labute approximate surface area is 97.8 Å². The summed E-state index contributed by atoms with van der Waals surface area (Å²) in [4.78, 5) is 11.8. The van der Waals surface area contributed by atoms with Crippen LogP contribution >= 0.6 is 15.9 Å². The molecule has 1 aliphatic rings. The van der Waals surface area contributed by atoms with Crippen molar-refractivity contribution in [1.29, 1.82) is 0 Å². The average Bonchev–Trinajstić information content (AvgIpc) is 2.40. The minimum atomic E-state index is 0.255. The number of hydrogen-bond acceptors (Lipinski definition) is 2. The fraction of sp³-hybridized carbons (Fsp3) is 0.417. The van der Waals surface area contributed by atoms with Crippen molar-refractivity contribution in [1.82, 2.24) is 0 Å². The minimum absolute atomic E-state index is 0.255. The van der Waals surface area contributed by atoms with Gasteiger partial charge in [-0.05, 0) is 52.9 Å². The maximum Gasteiger partial charge on any atom is 0.163 e. The number of carbonyl (C=O) groups is 1. The molecular weight excluding hydrogens is 256 g/mol. The third-order valence-electron chi connectivity index (χ3n) is 2.78. The Balaban J connectivity index is 2.51. The molecule has 0 bridgehead atoms. The van der Waals surface area contributed by atoms with Gasteiger partial charge in [0.2, 0.25) is 0 Å². The van der Waals surface area contributed by atoms with E-state index in [1.165, 1.54) is 0 Å². The lowest BCUT2D eigenvalue weighted by molar-refractivity contribution is 0.0982. The third kappa shape index (κ3) is 2.07. The zero-order valence-corrected chi connectivity index (χ0v) is 10.3. The molecule has 0 saturated heterocycles. The summed E-state index contributed by atoms with van der Waals surface area (Å²) in [5, 5.41) is 0. The van der Waals surface area contributed by atoms with Crippen LogP contribution in [0.1, 0.15) is 35.2 Å². The summed E-state index contributed by atoms with van der Waals surface area (Å²) < 4.78 is 6.09. The molecule has 0 heterocycles. The maximum atomic E-state index is 11.8. The number of carbonyl (C=O) groups excluding carboxylic acids is 1. The highest BCUT2D eigenvalue weighted by molar-refractivity contribution is 9.10. The van der Waals surface area contributed by atoms with E-state index in [4.69, 9.17) is 4.74 Å². The van der Waals surface area contributed by atoms with Crippen molar-refractivity contribution in [3.05, 3.63) is 27.7 Å². The first-order valence-corrected chi connectivity index (χ1v) is 5.91. The Kier molecular flexibility index (Phi) is 3.10. The van der Waals surface area contributed by atoms with Crippen LogP contribution in [0.5, 0.6) is 5.75 Å². The molecule has 0 N–H and O–H groups in total. The van der Waals surface area contributed by atoms with Gasteiger partial charge in [-0.15, -0.1) is 0 Å². The van der Waals surface area contributed by atoms with Crippen LogP contribution in [0.3, 0.4) is 0 Å². The number of ether oxygens (including phenoxy) is 1. The van der Waals surface area contributed by atoms with Crippen molar-refractivity contribution in [2.45, 2.75) is 25.7 Å². The summed E-state index contributed by atoms with van der Waals surface area (Å²) in [5.74, 6) is 1.06. The van der Waals surface area contributed by atoms with Gasteiger partial charge in [0.15, 0.2) is 5.78 Å². The second kappa shape index (κ2) is 4.35. The van der Waals surface area contributed by atoms with E-state index in [9.17, 15) is 4.79 Å². The van der Waals surface area contributed by atoms with Crippen molar-refractivity contribution in [2.75, 3.05) is 7.11 Å². The molecule has 2 rings (SSSR count). The standard InChI is InChI=1S/C12H13BrO2/c1-15-12-6-8-4-2-3-5-11(14)9(8)7-10(12)13/h6-7H,2-5H2,1H3. The monoisotopic (exact) mass is 268 g/mol. The topological polar surface area (TPSA) is 26.3 Å². The molecule has 1 aromatic rings. The van der Waals surface area contributed by atoms with Gasteiger partial charge in [0.25, 0.3) is 0 Å². The fourth-order valence-electron chi connectivity index (χ4n) is 1.95. The molecule has 0 aromatic heterocycles. The Morgan fingerprint density at radius 3 is 2.73 bits per heavy atom. The fourth-order valence-corrected chi connectivity index (χ4v) is 2.46. The Bertz CT molecular complexity index is 399. The van der Waals surface area contributed by atoms with Crippen molar-refractivity contribution < 1.29 is 9.53 Å². The second-order valence-electron chi connectivity index (χ2n) is 3.77. The predicted molar refractivity (Wildman–Crippen MR) is 62.6 cm³/mol. The van der Waals surface area contributed by atoms with E-state index >= 15 is 0 Å². The van der Waals surface area contributed by atoms with E-state index in [2.05, 4.69) is 15.9 Å². The lowest BCUT2D eigenvalue weighted by atomic mass is 10.0. The van der Waals surface area contributed by atoms with E-state index < -0.39 is 0 Å². The van der Waals surface area contributed by atoms with E-state index in [0.29, 0.717) is 6.42 Å². The van der Waals surface area contributed by atoms with Crippen LogP contribution in [-0.2, 0) is 6.42 Å². The number of ketones is 1. The zero-order valence-electron chi connectivity index (χ0n) is 8.68. The van der Waals surface area contributed by atoms with Gasteiger partial charge in [0, 0.05) is 12.0 Å². The van der Waals surface area contributed by atoms with Gasteiger partial charge >= 0.3 is 0 Å². The molecule has 3 heteroatoms. The van der Waals surface area contributed by atoms with Gasteiger partial charge in [-0.1, -0.05) is 0 Å². The van der Waals surface area contributed by atoms with Crippen LogP contribution in [0, 0.1) is 0 Å². The van der Waals surface area contributed by atoms with Crippen LogP contribution in [0.25, 0.3) is 0 Å². The molecule has 0 saturated carbocycles. The molecule has 0 amide bonds. The first kappa shape index (κ1) is 10.7. The summed E-state index contributed by atoms with van der Waals surface area (Å²) >= 11 is 3.41. The van der Waals surface area contributed by atoms with Gasteiger partial charge in [-0.25, -0.2) is 0 Å². The third-order valence-corrected chi connectivity index (χ3v) is 3.40. The highest BCUT2D eigenvalue weighted by Crippen LogP contribution is 2.31. The Morgan fingerprint density at radius 2 is 2.00 bits per heavy atom. The van der Waals surface area contributed by atoms with Crippen LogP contribution in [0.4, 0.5) is 0 Å². The second-order valence-corrected chi connectivity index (χ2v) is 4.63. The molecule has 0 unspecified atom stereocenters. The van der Waals surface area contributed by atoms with Crippen LogP contribution < -0.4 is 4.74 Å². The minimum Gasteiger partial charge on any atom is -0.496 e. The van der Waals surface area contributed by atoms with Gasteiger partial charge in [-0.3, -0.25) is 4.79 Å². The summed E-state index contributed by atoms with van der Waals surface area (Å²) in [5.41, 5.74) is 1.98. The molecular formula is C12H13BrO2. The quantitative estimate of drug-likeness (QED) is 0.731. The van der Waals surface area contributed by atoms with E-state index in [1.807, 2.05) is 12.1 Å².